The minimum Gasteiger partial charge on any atom is -0.382 e. The maximum Gasteiger partial charge on any atom is 0.152 e. The Labute approximate surface area is 95.6 Å². The van der Waals surface area contributed by atoms with Crippen LogP contribution in [0.15, 0.2) is 24.0 Å². The van der Waals surface area contributed by atoms with Crippen LogP contribution in [0.25, 0.3) is 16.1 Å². The first kappa shape index (κ1) is 9.29. The number of aromatic nitrogens is 4. The Kier molecular flexibility index (Phi) is 1.90. The molecule has 0 saturated heterocycles. The van der Waals surface area contributed by atoms with E-state index in [0.29, 0.717) is 5.82 Å². The van der Waals surface area contributed by atoms with Gasteiger partial charge in [-0.1, -0.05) is 0 Å². The van der Waals surface area contributed by atoms with Gasteiger partial charge < -0.3 is 5.73 Å². The molecule has 16 heavy (non-hydrogen) atoms. The van der Waals surface area contributed by atoms with E-state index >= 15 is 0 Å². The summed E-state index contributed by atoms with van der Waals surface area (Å²) in [5.41, 5.74) is 8.72. The molecule has 0 unspecified atom stereocenters. The van der Waals surface area contributed by atoms with Gasteiger partial charge >= 0.3 is 0 Å². The van der Waals surface area contributed by atoms with E-state index in [1.54, 1.807) is 22.0 Å². The number of hydrogen-bond acceptors (Lipinski definition) is 5. The van der Waals surface area contributed by atoms with Crippen LogP contribution in [0.3, 0.4) is 0 Å². The minimum atomic E-state index is 0.480. The molecule has 0 spiro atoms. The fourth-order valence-corrected chi connectivity index (χ4v) is 2.40. The Bertz CT molecular complexity index is 641. The molecule has 0 fully saturated rings. The zero-order valence-corrected chi connectivity index (χ0v) is 9.40. The Morgan fingerprint density at radius 3 is 3.00 bits per heavy atom. The van der Waals surface area contributed by atoms with Crippen LogP contribution in [0.5, 0.6) is 0 Å². The standard InChI is InChI=1S/C10H9N5S/c1-6-4-7(10-12-2-3-16-10)8-9(11)13-5-14-15(6)8/h2-5H,1H3,(H2,11,13,14). The molecule has 0 saturated carbocycles. The van der Waals surface area contributed by atoms with Gasteiger partial charge in [-0.15, -0.1) is 11.3 Å². The lowest BCUT2D eigenvalue weighted by Crippen LogP contribution is -2.00. The average molecular weight is 231 g/mol. The van der Waals surface area contributed by atoms with Crippen molar-refractivity contribution in [3.63, 3.8) is 0 Å². The zero-order valence-electron chi connectivity index (χ0n) is 8.58. The van der Waals surface area contributed by atoms with E-state index in [1.807, 2.05) is 18.4 Å². The second kappa shape index (κ2) is 3.28. The van der Waals surface area contributed by atoms with Crippen LogP contribution in [-0.4, -0.2) is 19.6 Å². The summed E-state index contributed by atoms with van der Waals surface area (Å²) in [7, 11) is 0. The highest BCUT2D eigenvalue weighted by molar-refractivity contribution is 7.13. The zero-order chi connectivity index (χ0) is 11.1. The van der Waals surface area contributed by atoms with E-state index < -0.39 is 0 Å². The van der Waals surface area contributed by atoms with Crippen molar-refractivity contribution in [2.75, 3.05) is 5.73 Å². The number of aryl methyl sites for hydroxylation is 1. The SMILES string of the molecule is Cc1cc(-c2nccs2)c2c(N)ncnn12. The number of rotatable bonds is 1. The normalized spacial score (nSPS) is 11.1. The first-order valence-corrected chi connectivity index (χ1v) is 5.64. The molecule has 0 aromatic carbocycles. The van der Waals surface area contributed by atoms with Crippen LogP contribution in [0, 0.1) is 6.92 Å². The van der Waals surface area contributed by atoms with Crippen LogP contribution in [0.2, 0.25) is 0 Å². The van der Waals surface area contributed by atoms with Crippen LogP contribution < -0.4 is 5.73 Å². The number of anilines is 1. The van der Waals surface area contributed by atoms with Crippen molar-refractivity contribution in [1.82, 2.24) is 19.6 Å². The minimum absolute atomic E-state index is 0.480. The van der Waals surface area contributed by atoms with Crippen molar-refractivity contribution < 1.29 is 0 Å². The first-order chi connectivity index (χ1) is 7.77. The summed E-state index contributed by atoms with van der Waals surface area (Å²) in [6.07, 6.45) is 3.24. The summed E-state index contributed by atoms with van der Waals surface area (Å²) < 4.78 is 1.79. The van der Waals surface area contributed by atoms with Crippen LogP contribution in [0.4, 0.5) is 5.82 Å². The second-order valence-corrected chi connectivity index (χ2v) is 4.34. The third-order valence-electron chi connectivity index (χ3n) is 2.42. The van der Waals surface area contributed by atoms with Crippen LogP contribution >= 0.6 is 11.3 Å². The molecule has 3 heterocycles. The lowest BCUT2D eigenvalue weighted by molar-refractivity contribution is 0.875. The highest BCUT2D eigenvalue weighted by Gasteiger charge is 2.13. The fraction of sp³-hybridized carbons (Fsp3) is 0.100. The molecule has 80 valence electrons. The number of hydrogen-bond donors (Lipinski definition) is 1. The monoisotopic (exact) mass is 231 g/mol. The third-order valence-corrected chi connectivity index (χ3v) is 3.23. The highest BCUT2D eigenvalue weighted by Crippen LogP contribution is 2.30. The third kappa shape index (κ3) is 1.20. The predicted octanol–water partition coefficient (Wildman–Crippen LogP) is 1.74. The number of thiazole rings is 1. The number of nitrogens with zero attached hydrogens (tertiary/aromatic N) is 4. The van der Waals surface area contributed by atoms with Gasteiger partial charge in [0.05, 0.1) is 0 Å². The summed E-state index contributed by atoms with van der Waals surface area (Å²) in [4.78, 5) is 8.30. The molecule has 0 bridgehead atoms. The van der Waals surface area contributed by atoms with Gasteiger partial charge in [0.2, 0.25) is 0 Å². The van der Waals surface area contributed by atoms with E-state index in [1.165, 1.54) is 6.33 Å². The van der Waals surface area contributed by atoms with Gasteiger partial charge in [0.1, 0.15) is 16.9 Å². The van der Waals surface area contributed by atoms with Gasteiger partial charge in [0.25, 0.3) is 0 Å². The Balaban J connectivity index is 2.42. The predicted molar refractivity (Wildman–Crippen MR) is 63.2 cm³/mol. The van der Waals surface area contributed by atoms with Crippen molar-refractivity contribution in [3.8, 4) is 10.6 Å². The molecule has 0 aliphatic heterocycles. The van der Waals surface area contributed by atoms with Gasteiger partial charge in [0, 0.05) is 22.8 Å². The highest BCUT2D eigenvalue weighted by atomic mass is 32.1. The molecule has 0 radical (unpaired) electrons. The molecule has 0 atom stereocenters. The summed E-state index contributed by atoms with van der Waals surface area (Å²) in [6, 6.07) is 2.03. The van der Waals surface area contributed by atoms with Gasteiger partial charge in [-0.05, 0) is 13.0 Å². The van der Waals surface area contributed by atoms with E-state index in [9.17, 15) is 0 Å². The quantitative estimate of drug-likeness (QED) is 0.692. The van der Waals surface area contributed by atoms with Gasteiger partial charge in [0.15, 0.2) is 5.82 Å². The van der Waals surface area contributed by atoms with Crippen molar-refractivity contribution >= 4 is 22.7 Å². The molecule has 0 aliphatic carbocycles. The van der Waals surface area contributed by atoms with Crippen molar-refractivity contribution in [2.45, 2.75) is 6.92 Å². The van der Waals surface area contributed by atoms with Crippen molar-refractivity contribution in [1.29, 1.82) is 0 Å². The van der Waals surface area contributed by atoms with Crippen molar-refractivity contribution in [3.05, 3.63) is 29.7 Å². The first-order valence-electron chi connectivity index (χ1n) is 4.76. The second-order valence-electron chi connectivity index (χ2n) is 3.44. The summed E-state index contributed by atoms with van der Waals surface area (Å²) in [5.74, 6) is 0.480. The molecule has 0 aliphatic rings. The Morgan fingerprint density at radius 2 is 2.25 bits per heavy atom. The number of nitrogen functional groups attached to an aromatic ring is 1. The molecule has 0 amide bonds. The topological polar surface area (TPSA) is 69.1 Å². The number of nitrogens with two attached hydrogens (primary N) is 1. The molecule has 6 heteroatoms. The smallest absolute Gasteiger partial charge is 0.152 e. The Hall–Kier alpha value is -1.95. The van der Waals surface area contributed by atoms with E-state index in [4.69, 9.17) is 5.73 Å². The largest absolute Gasteiger partial charge is 0.382 e. The van der Waals surface area contributed by atoms with Gasteiger partial charge in [-0.25, -0.2) is 14.5 Å². The lowest BCUT2D eigenvalue weighted by atomic mass is 10.3. The van der Waals surface area contributed by atoms with Crippen molar-refractivity contribution in [2.24, 2.45) is 0 Å². The van der Waals surface area contributed by atoms with E-state index in [-0.39, 0.29) is 0 Å². The summed E-state index contributed by atoms with van der Waals surface area (Å²) in [5, 5.41) is 7.05. The van der Waals surface area contributed by atoms with Gasteiger partial charge in [-0.3, -0.25) is 0 Å². The summed E-state index contributed by atoms with van der Waals surface area (Å²) in [6.45, 7) is 1.98. The Morgan fingerprint density at radius 1 is 1.38 bits per heavy atom. The average Bonchev–Trinajstić information content (AvgIpc) is 2.87. The maximum atomic E-state index is 5.88. The van der Waals surface area contributed by atoms with E-state index in [2.05, 4.69) is 15.1 Å². The number of fused-ring (bicyclic) bond motifs is 1. The fourth-order valence-electron chi connectivity index (χ4n) is 1.74. The summed E-state index contributed by atoms with van der Waals surface area (Å²) >= 11 is 1.58. The van der Waals surface area contributed by atoms with Gasteiger partial charge in [-0.2, -0.15) is 5.10 Å². The van der Waals surface area contributed by atoms with Crippen LogP contribution in [0.1, 0.15) is 5.69 Å². The van der Waals surface area contributed by atoms with Crippen LogP contribution in [-0.2, 0) is 0 Å². The maximum absolute atomic E-state index is 5.88. The molecular formula is C10H9N5S. The molecule has 3 rings (SSSR count). The molecular weight excluding hydrogens is 222 g/mol. The molecule has 2 N–H and O–H groups in total. The van der Waals surface area contributed by atoms with E-state index in [0.717, 1.165) is 21.8 Å². The molecule has 3 aromatic rings. The molecule has 5 nitrogen and oxygen atoms in total. The lowest BCUT2D eigenvalue weighted by Gasteiger charge is -1.99. The molecule has 3 aromatic heterocycles.